The van der Waals surface area contributed by atoms with Crippen LogP contribution in [0.25, 0.3) is 54.6 Å². The first-order valence-corrected chi connectivity index (χ1v) is 23.7. The first kappa shape index (κ1) is 36.0. The Morgan fingerprint density at radius 3 is 1.80 bits per heavy atom. The van der Waals surface area contributed by atoms with E-state index in [0.29, 0.717) is 0 Å². The fraction of sp³-hybridized carbons (Fsp3) is 0.241. The molecule has 13 rings (SSSR count). The number of hydrogen-bond donors (Lipinski definition) is 2. The van der Waals surface area contributed by atoms with Crippen LogP contribution in [0.4, 0.5) is 5.00 Å². The molecular weight excluding hydrogens is 757 g/mol. The number of hydrogen-bond acceptors (Lipinski definition) is 3. The van der Waals surface area contributed by atoms with E-state index in [1.807, 2.05) is 11.3 Å². The van der Waals surface area contributed by atoms with Crippen LogP contribution in [0.15, 0.2) is 158 Å². The molecule has 2 fully saturated rings. The van der Waals surface area contributed by atoms with Crippen LogP contribution in [-0.4, -0.2) is 0 Å². The lowest BCUT2D eigenvalue weighted by Crippen LogP contribution is -2.36. The molecule has 2 spiro atoms. The highest BCUT2D eigenvalue weighted by Gasteiger charge is 2.49. The third kappa shape index (κ3) is 5.36. The van der Waals surface area contributed by atoms with Crippen molar-refractivity contribution in [2.75, 3.05) is 5.32 Å². The van der Waals surface area contributed by atoms with Crippen molar-refractivity contribution in [3.8, 4) is 44.5 Å². The summed E-state index contributed by atoms with van der Waals surface area (Å²) in [4.78, 5) is 0. The first-order chi connectivity index (χ1) is 30.2. The van der Waals surface area contributed by atoms with Crippen molar-refractivity contribution in [3.63, 3.8) is 0 Å². The Kier molecular flexibility index (Phi) is 8.19. The molecule has 1 aliphatic heterocycles. The summed E-state index contributed by atoms with van der Waals surface area (Å²) >= 11 is 1.86. The summed E-state index contributed by atoms with van der Waals surface area (Å²) in [6.07, 6.45) is 13.0. The van der Waals surface area contributed by atoms with Gasteiger partial charge in [0.2, 0.25) is 0 Å². The van der Waals surface area contributed by atoms with Gasteiger partial charge < -0.3 is 5.32 Å². The zero-order chi connectivity index (χ0) is 40.1. The molecule has 4 aliphatic carbocycles. The molecule has 0 saturated heterocycles. The van der Waals surface area contributed by atoms with E-state index < -0.39 is 0 Å². The topological polar surface area (TPSA) is 24.1 Å². The number of fused-ring (bicyclic) bond motifs is 13. The number of thiophene rings is 1. The highest BCUT2D eigenvalue weighted by Crippen LogP contribution is 2.63. The fourth-order valence-corrected chi connectivity index (χ4v) is 14.0. The molecule has 2 heterocycles. The van der Waals surface area contributed by atoms with Gasteiger partial charge in [-0.2, -0.15) is 0 Å². The van der Waals surface area contributed by atoms with Crippen molar-refractivity contribution in [1.82, 2.24) is 5.32 Å². The molecule has 1 aromatic heterocycles. The van der Waals surface area contributed by atoms with Gasteiger partial charge in [0.25, 0.3) is 0 Å². The van der Waals surface area contributed by atoms with Crippen molar-refractivity contribution in [2.24, 2.45) is 0 Å². The summed E-state index contributed by atoms with van der Waals surface area (Å²) in [6, 6.07) is 60.6. The molecule has 61 heavy (non-hydrogen) atoms. The zero-order valence-corrected chi connectivity index (χ0v) is 35.5. The molecule has 0 radical (unpaired) electrons. The highest BCUT2D eigenvalue weighted by atomic mass is 32.1. The Labute approximate surface area is 363 Å². The standard InChI is InChI=1S/C58H50N2S/c1-4-15-40(16-5-1)54-53-44-18-7-9-22-51(44)61-56(53)60-55(59-54)41-29-25-38(26-30-41)37-23-27-39(28-24-37)42-19-14-21-48-52(42)46-36-49-45(35-50(46)58(48)33-12-3-13-34-58)43-17-6-8-20-47(43)57(49)31-10-2-11-32-57/h1,4-9,14-30,35-36,54-55,59-60H,2-3,10-13,31-34H2. The molecule has 2 atom stereocenters. The molecule has 298 valence electrons. The van der Waals surface area contributed by atoms with E-state index in [4.69, 9.17) is 0 Å². The van der Waals surface area contributed by atoms with Crippen LogP contribution in [0.2, 0.25) is 0 Å². The average Bonchev–Trinajstić information content (AvgIpc) is 3.93. The monoisotopic (exact) mass is 806 g/mol. The van der Waals surface area contributed by atoms with E-state index in [1.165, 1.54) is 140 Å². The largest absolute Gasteiger partial charge is 0.357 e. The molecule has 0 amide bonds. The van der Waals surface area contributed by atoms with E-state index in [-0.39, 0.29) is 23.0 Å². The molecule has 2 N–H and O–H groups in total. The van der Waals surface area contributed by atoms with Gasteiger partial charge in [-0.25, -0.2) is 0 Å². The predicted molar refractivity (Wildman–Crippen MR) is 256 cm³/mol. The number of rotatable bonds is 4. The molecule has 7 aromatic carbocycles. The minimum Gasteiger partial charge on any atom is -0.357 e. The van der Waals surface area contributed by atoms with Gasteiger partial charge in [0, 0.05) is 21.1 Å². The number of nitrogens with one attached hydrogen (secondary N) is 2. The van der Waals surface area contributed by atoms with E-state index >= 15 is 0 Å². The van der Waals surface area contributed by atoms with Gasteiger partial charge in [0.15, 0.2) is 0 Å². The lowest BCUT2D eigenvalue weighted by atomic mass is 9.66. The summed E-state index contributed by atoms with van der Waals surface area (Å²) < 4.78 is 1.32. The molecule has 5 aliphatic rings. The summed E-state index contributed by atoms with van der Waals surface area (Å²) in [5.41, 5.74) is 21.8. The number of benzene rings is 7. The molecule has 2 saturated carbocycles. The minimum atomic E-state index is 0.00101. The van der Waals surface area contributed by atoms with Crippen LogP contribution >= 0.6 is 11.3 Å². The van der Waals surface area contributed by atoms with E-state index in [1.54, 1.807) is 22.3 Å². The second-order valence-electron chi connectivity index (χ2n) is 18.6. The van der Waals surface area contributed by atoms with Crippen LogP contribution in [0.1, 0.15) is 115 Å². The lowest BCUT2D eigenvalue weighted by molar-refractivity contribution is 0.350. The Bertz CT molecular complexity index is 2980. The van der Waals surface area contributed by atoms with Gasteiger partial charge in [0.05, 0.1) is 11.0 Å². The SMILES string of the molecule is c1ccc(C2NC(c3ccc(-c4ccc(-c5cccc6c5-c5cc7c(cc5C65CCCCC5)-c5ccccc5C75CCCCC5)cc4)cc3)Nc3sc4ccccc4c32)cc1. The van der Waals surface area contributed by atoms with Crippen LogP contribution in [0.3, 0.4) is 0 Å². The second-order valence-corrected chi connectivity index (χ2v) is 19.7. The van der Waals surface area contributed by atoms with Gasteiger partial charge in [0.1, 0.15) is 6.17 Å². The van der Waals surface area contributed by atoms with Crippen molar-refractivity contribution >= 4 is 26.4 Å². The van der Waals surface area contributed by atoms with Crippen molar-refractivity contribution < 1.29 is 0 Å². The second kappa shape index (κ2) is 13.9. The molecule has 0 bridgehead atoms. The molecule has 3 heteroatoms. The predicted octanol–water partition coefficient (Wildman–Crippen LogP) is 15.5. The molecular formula is C58H50N2S. The van der Waals surface area contributed by atoms with Crippen molar-refractivity contribution in [2.45, 2.75) is 87.2 Å². The summed E-state index contributed by atoms with van der Waals surface area (Å²) in [6.45, 7) is 0. The van der Waals surface area contributed by atoms with Crippen LogP contribution < -0.4 is 10.6 Å². The normalized spacial score (nSPS) is 20.1. The summed E-state index contributed by atoms with van der Waals surface area (Å²) in [5.74, 6) is 0. The van der Waals surface area contributed by atoms with Gasteiger partial charge in [-0.3, -0.25) is 5.32 Å². The van der Waals surface area contributed by atoms with Crippen molar-refractivity contribution in [3.05, 3.63) is 197 Å². The molecule has 2 unspecified atom stereocenters. The van der Waals surface area contributed by atoms with E-state index in [0.717, 1.165) is 0 Å². The van der Waals surface area contributed by atoms with Crippen molar-refractivity contribution in [1.29, 1.82) is 0 Å². The Morgan fingerprint density at radius 1 is 0.443 bits per heavy atom. The van der Waals surface area contributed by atoms with Gasteiger partial charge in [-0.1, -0.05) is 178 Å². The Balaban J connectivity index is 0.850. The van der Waals surface area contributed by atoms with E-state index in [9.17, 15) is 0 Å². The first-order valence-electron chi connectivity index (χ1n) is 22.9. The van der Waals surface area contributed by atoms with Crippen LogP contribution in [0.5, 0.6) is 0 Å². The lowest BCUT2D eigenvalue weighted by Gasteiger charge is -2.37. The maximum absolute atomic E-state index is 3.99. The quantitative estimate of drug-likeness (QED) is 0.185. The van der Waals surface area contributed by atoms with Gasteiger partial charge in [-0.15, -0.1) is 11.3 Å². The maximum Gasteiger partial charge on any atom is 0.105 e. The highest BCUT2D eigenvalue weighted by molar-refractivity contribution is 7.23. The van der Waals surface area contributed by atoms with Gasteiger partial charge >= 0.3 is 0 Å². The van der Waals surface area contributed by atoms with Crippen LogP contribution in [0, 0.1) is 0 Å². The fourth-order valence-electron chi connectivity index (χ4n) is 12.8. The summed E-state index contributed by atoms with van der Waals surface area (Å²) in [5, 5.41) is 10.4. The third-order valence-electron chi connectivity index (χ3n) is 15.6. The zero-order valence-electron chi connectivity index (χ0n) is 34.6. The molecule has 8 aromatic rings. The molecule has 2 nitrogen and oxygen atoms in total. The smallest absolute Gasteiger partial charge is 0.105 e. The van der Waals surface area contributed by atoms with E-state index in [2.05, 4.69) is 168 Å². The Morgan fingerprint density at radius 2 is 1.03 bits per heavy atom. The number of anilines is 1. The average molecular weight is 807 g/mol. The maximum atomic E-state index is 3.99. The third-order valence-corrected chi connectivity index (χ3v) is 16.7. The minimum absolute atomic E-state index is 0.00101. The van der Waals surface area contributed by atoms with Crippen LogP contribution in [-0.2, 0) is 10.8 Å². The van der Waals surface area contributed by atoms with Gasteiger partial charge in [-0.05, 0) is 127 Å². The summed E-state index contributed by atoms with van der Waals surface area (Å²) in [7, 11) is 0. The Hall–Kier alpha value is -5.74.